The molecule has 104 valence electrons. The van der Waals surface area contributed by atoms with Crippen molar-refractivity contribution in [2.45, 2.75) is 0 Å². The van der Waals surface area contributed by atoms with E-state index in [1.807, 2.05) is 30.3 Å². The van der Waals surface area contributed by atoms with Crippen LogP contribution >= 0.6 is 0 Å². The number of nitrogens with one attached hydrogen (secondary N) is 1. The topological polar surface area (TPSA) is 55.1 Å². The molecule has 0 bridgehead atoms. The highest BCUT2D eigenvalue weighted by atomic mass is 19.1. The van der Waals surface area contributed by atoms with E-state index in [1.54, 1.807) is 0 Å². The summed E-state index contributed by atoms with van der Waals surface area (Å²) in [5.41, 5.74) is 2.08. The zero-order chi connectivity index (χ0) is 14.7. The van der Waals surface area contributed by atoms with Crippen LogP contribution in [0.5, 0.6) is 0 Å². The molecule has 2 aromatic carbocycles. The monoisotopic (exact) mass is 282 g/mol. The standard InChI is InChI=1S/C16H11FN2O2/c17-12-6-8-13(9-7-12)18-16(20)14-10-21-19-15(14)11-4-2-1-3-5-11/h1-10H,(H,18,20). The highest BCUT2D eigenvalue weighted by molar-refractivity contribution is 6.07. The van der Waals surface area contributed by atoms with E-state index in [4.69, 9.17) is 4.52 Å². The summed E-state index contributed by atoms with van der Waals surface area (Å²) < 4.78 is 17.8. The Morgan fingerprint density at radius 3 is 2.48 bits per heavy atom. The van der Waals surface area contributed by atoms with Gasteiger partial charge in [0.1, 0.15) is 23.3 Å². The fraction of sp³-hybridized carbons (Fsp3) is 0. The lowest BCUT2D eigenvalue weighted by Gasteiger charge is -2.04. The Kier molecular flexibility index (Phi) is 3.47. The molecule has 1 heterocycles. The van der Waals surface area contributed by atoms with E-state index in [1.165, 1.54) is 30.5 Å². The summed E-state index contributed by atoms with van der Waals surface area (Å²) in [6.45, 7) is 0. The Hall–Kier alpha value is -2.95. The van der Waals surface area contributed by atoms with Crippen LogP contribution < -0.4 is 5.32 Å². The van der Waals surface area contributed by atoms with Crippen LogP contribution in [0.15, 0.2) is 65.4 Å². The van der Waals surface area contributed by atoms with Crippen LogP contribution in [0.25, 0.3) is 11.3 Å². The van der Waals surface area contributed by atoms with Gasteiger partial charge >= 0.3 is 0 Å². The van der Waals surface area contributed by atoms with Gasteiger partial charge in [0.05, 0.1) is 0 Å². The molecule has 21 heavy (non-hydrogen) atoms. The Balaban J connectivity index is 1.86. The van der Waals surface area contributed by atoms with Crippen LogP contribution in [0.1, 0.15) is 10.4 Å². The van der Waals surface area contributed by atoms with Gasteiger partial charge in [0.2, 0.25) is 0 Å². The Labute approximate surface area is 120 Å². The number of anilines is 1. The summed E-state index contributed by atoms with van der Waals surface area (Å²) in [7, 11) is 0. The van der Waals surface area contributed by atoms with Gasteiger partial charge in [0.15, 0.2) is 0 Å². The van der Waals surface area contributed by atoms with Crippen molar-refractivity contribution >= 4 is 11.6 Å². The molecular weight excluding hydrogens is 271 g/mol. The second-order valence-corrected chi connectivity index (χ2v) is 4.40. The maximum absolute atomic E-state index is 12.8. The minimum absolute atomic E-state index is 0.325. The second-order valence-electron chi connectivity index (χ2n) is 4.40. The second kappa shape index (κ2) is 5.58. The van der Waals surface area contributed by atoms with Crippen LogP contribution in [0, 0.1) is 5.82 Å². The number of benzene rings is 2. The van der Waals surface area contributed by atoms with Crippen molar-refractivity contribution in [3.8, 4) is 11.3 Å². The summed E-state index contributed by atoms with van der Waals surface area (Å²) >= 11 is 0. The highest BCUT2D eigenvalue weighted by Gasteiger charge is 2.17. The van der Waals surface area contributed by atoms with Crippen molar-refractivity contribution in [2.24, 2.45) is 0 Å². The third kappa shape index (κ3) is 2.81. The minimum Gasteiger partial charge on any atom is -0.363 e. The first kappa shape index (κ1) is 13.1. The molecule has 0 saturated carbocycles. The maximum Gasteiger partial charge on any atom is 0.261 e. The number of hydrogen-bond acceptors (Lipinski definition) is 3. The lowest BCUT2D eigenvalue weighted by Crippen LogP contribution is -2.12. The molecule has 5 heteroatoms. The Bertz CT molecular complexity index is 751. The van der Waals surface area contributed by atoms with Gasteiger partial charge < -0.3 is 9.84 Å². The number of rotatable bonds is 3. The molecule has 1 N–H and O–H groups in total. The number of hydrogen-bond donors (Lipinski definition) is 1. The minimum atomic E-state index is -0.360. The van der Waals surface area contributed by atoms with Gasteiger partial charge in [-0.05, 0) is 24.3 Å². The smallest absolute Gasteiger partial charge is 0.261 e. The average molecular weight is 282 g/mol. The molecule has 0 fully saturated rings. The van der Waals surface area contributed by atoms with Gasteiger partial charge in [-0.25, -0.2) is 4.39 Å². The molecular formula is C16H11FN2O2. The Morgan fingerprint density at radius 2 is 1.76 bits per heavy atom. The molecule has 0 atom stereocenters. The fourth-order valence-corrected chi connectivity index (χ4v) is 1.93. The molecule has 0 radical (unpaired) electrons. The summed E-state index contributed by atoms with van der Waals surface area (Å²) in [5, 5.41) is 6.54. The van der Waals surface area contributed by atoms with Crippen LogP contribution in [-0.4, -0.2) is 11.1 Å². The predicted molar refractivity (Wildman–Crippen MR) is 76.3 cm³/mol. The van der Waals surface area contributed by atoms with Crippen molar-refractivity contribution in [3.05, 3.63) is 72.2 Å². The van der Waals surface area contributed by atoms with Crippen LogP contribution in [0.2, 0.25) is 0 Å². The summed E-state index contributed by atoms with van der Waals surface area (Å²) in [6.07, 6.45) is 1.29. The van der Waals surface area contributed by atoms with E-state index in [-0.39, 0.29) is 11.7 Å². The zero-order valence-corrected chi connectivity index (χ0v) is 10.9. The van der Waals surface area contributed by atoms with E-state index in [9.17, 15) is 9.18 Å². The fourth-order valence-electron chi connectivity index (χ4n) is 1.93. The number of carbonyl (C=O) groups is 1. The molecule has 0 aliphatic carbocycles. The van der Waals surface area contributed by atoms with Gasteiger partial charge in [-0.1, -0.05) is 35.5 Å². The highest BCUT2D eigenvalue weighted by Crippen LogP contribution is 2.22. The van der Waals surface area contributed by atoms with E-state index in [0.717, 1.165) is 5.56 Å². The SMILES string of the molecule is O=C(Nc1ccc(F)cc1)c1conc1-c1ccccc1. The number of aromatic nitrogens is 1. The molecule has 0 unspecified atom stereocenters. The number of nitrogens with zero attached hydrogens (tertiary/aromatic N) is 1. The van der Waals surface area contributed by atoms with Crippen LogP contribution in [-0.2, 0) is 0 Å². The number of carbonyl (C=O) groups excluding carboxylic acids is 1. The first-order valence-corrected chi connectivity index (χ1v) is 6.31. The van der Waals surface area contributed by atoms with E-state index in [0.29, 0.717) is 16.9 Å². The zero-order valence-electron chi connectivity index (χ0n) is 10.9. The van der Waals surface area contributed by atoms with E-state index < -0.39 is 0 Å². The largest absolute Gasteiger partial charge is 0.363 e. The average Bonchev–Trinajstić information content (AvgIpc) is 3.00. The normalized spacial score (nSPS) is 10.3. The van der Waals surface area contributed by atoms with Crippen molar-refractivity contribution < 1.29 is 13.7 Å². The molecule has 0 spiro atoms. The number of halogens is 1. The molecule has 0 aliphatic heterocycles. The first-order chi connectivity index (χ1) is 10.2. The van der Waals surface area contributed by atoms with Gasteiger partial charge in [0, 0.05) is 11.3 Å². The van der Waals surface area contributed by atoms with Crippen LogP contribution in [0.4, 0.5) is 10.1 Å². The maximum atomic E-state index is 12.8. The van der Waals surface area contributed by atoms with Crippen LogP contribution in [0.3, 0.4) is 0 Å². The molecule has 0 aliphatic rings. The molecule has 0 saturated heterocycles. The molecule has 3 aromatic rings. The Morgan fingerprint density at radius 1 is 1.05 bits per heavy atom. The van der Waals surface area contributed by atoms with Crippen molar-refractivity contribution in [1.82, 2.24) is 5.16 Å². The van der Waals surface area contributed by atoms with E-state index >= 15 is 0 Å². The van der Waals surface area contributed by atoms with E-state index in [2.05, 4.69) is 10.5 Å². The lowest BCUT2D eigenvalue weighted by atomic mass is 10.1. The summed E-state index contributed by atoms with van der Waals surface area (Å²) in [5.74, 6) is -0.718. The third-order valence-electron chi connectivity index (χ3n) is 2.96. The van der Waals surface area contributed by atoms with Gasteiger partial charge in [-0.3, -0.25) is 4.79 Å². The third-order valence-corrected chi connectivity index (χ3v) is 2.96. The van der Waals surface area contributed by atoms with Crippen molar-refractivity contribution in [3.63, 3.8) is 0 Å². The molecule has 3 rings (SSSR count). The van der Waals surface area contributed by atoms with Gasteiger partial charge in [-0.15, -0.1) is 0 Å². The van der Waals surface area contributed by atoms with Gasteiger partial charge in [-0.2, -0.15) is 0 Å². The molecule has 4 nitrogen and oxygen atoms in total. The van der Waals surface area contributed by atoms with Gasteiger partial charge in [0.25, 0.3) is 5.91 Å². The lowest BCUT2D eigenvalue weighted by molar-refractivity contribution is 0.102. The first-order valence-electron chi connectivity index (χ1n) is 6.31. The quantitative estimate of drug-likeness (QED) is 0.796. The van der Waals surface area contributed by atoms with Crippen molar-refractivity contribution in [2.75, 3.05) is 5.32 Å². The summed E-state index contributed by atoms with van der Waals surface area (Å²) in [4.78, 5) is 12.2. The van der Waals surface area contributed by atoms with Crippen molar-refractivity contribution in [1.29, 1.82) is 0 Å². The summed E-state index contributed by atoms with van der Waals surface area (Å²) in [6, 6.07) is 14.8. The number of amides is 1. The predicted octanol–water partition coefficient (Wildman–Crippen LogP) is 3.73. The molecule has 1 amide bonds. The molecule has 1 aromatic heterocycles.